The summed E-state index contributed by atoms with van der Waals surface area (Å²) < 4.78 is 5.35. The van der Waals surface area contributed by atoms with Gasteiger partial charge in [0.25, 0.3) is 6.01 Å². The number of para-hydroxylation sites is 1. The Labute approximate surface area is 91.7 Å². The van der Waals surface area contributed by atoms with Crippen molar-refractivity contribution in [1.82, 2.24) is 4.98 Å². The van der Waals surface area contributed by atoms with Gasteiger partial charge in [0.1, 0.15) is 5.52 Å². The summed E-state index contributed by atoms with van der Waals surface area (Å²) in [5, 5.41) is 20.5. The molecule has 1 atom stereocenters. The normalized spacial score (nSPS) is 12.9. The SMILES string of the molecule is Nc1cccc2oc(NCC(O)CO)nc12. The maximum absolute atomic E-state index is 9.14. The number of benzene rings is 1. The smallest absolute Gasteiger partial charge is 0.295 e. The summed E-state index contributed by atoms with van der Waals surface area (Å²) >= 11 is 0. The molecule has 1 heterocycles. The van der Waals surface area contributed by atoms with E-state index < -0.39 is 6.10 Å². The molecule has 6 heteroatoms. The fraction of sp³-hybridized carbons (Fsp3) is 0.300. The first kappa shape index (κ1) is 10.7. The highest BCUT2D eigenvalue weighted by molar-refractivity contribution is 5.86. The third-order valence-electron chi connectivity index (χ3n) is 2.15. The maximum atomic E-state index is 9.14. The summed E-state index contributed by atoms with van der Waals surface area (Å²) in [6, 6.07) is 5.54. The third kappa shape index (κ3) is 2.07. The number of nitrogens with one attached hydrogen (secondary N) is 1. The molecule has 0 aliphatic heterocycles. The number of nitrogen functional groups attached to an aromatic ring is 1. The Bertz CT molecular complexity index is 483. The van der Waals surface area contributed by atoms with Gasteiger partial charge in [-0.2, -0.15) is 4.98 Å². The minimum Gasteiger partial charge on any atom is -0.423 e. The summed E-state index contributed by atoms with van der Waals surface area (Å²) in [5.41, 5.74) is 7.42. The molecule has 0 saturated heterocycles. The molecule has 0 aliphatic rings. The van der Waals surface area contributed by atoms with Crippen LogP contribution in [0.5, 0.6) is 0 Å². The lowest BCUT2D eigenvalue weighted by Gasteiger charge is -2.05. The lowest BCUT2D eigenvalue weighted by Crippen LogP contribution is -2.22. The van der Waals surface area contributed by atoms with Gasteiger partial charge in [-0.25, -0.2) is 0 Å². The van der Waals surface area contributed by atoms with E-state index in [-0.39, 0.29) is 19.2 Å². The van der Waals surface area contributed by atoms with Crippen molar-refractivity contribution in [3.05, 3.63) is 18.2 Å². The number of aliphatic hydroxyl groups excluding tert-OH is 2. The van der Waals surface area contributed by atoms with Crippen molar-refractivity contribution in [2.45, 2.75) is 6.10 Å². The molecular weight excluding hydrogens is 210 g/mol. The number of hydrogen-bond donors (Lipinski definition) is 4. The predicted molar refractivity (Wildman–Crippen MR) is 60.0 cm³/mol. The van der Waals surface area contributed by atoms with Gasteiger partial charge in [-0.3, -0.25) is 0 Å². The molecule has 2 rings (SSSR count). The van der Waals surface area contributed by atoms with Crippen LogP contribution in [0.1, 0.15) is 0 Å². The highest BCUT2D eigenvalue weighted by Gasteiger charge is 2.09. The number of nitrogens with two attached hydrogens (primary N) is 1. The highest BCUT2D eigenvalue weighted by Crippen LogP contribution is 2.23. The van der Waals surface area contributed by atoms with Gasteiger partial charge < -0.3 is 25.7 Å². The van der Waals surface area contributed by atoms with Crippen LogP contribution in [-0.2, 0) is 0 Å². The number of aliphatic hydroxyl groups is 2. The van der Waals surface area contributed by atoms with Crippen molar-refractivity contribution in [2.75, 3.05) is 24.2 Å². The lowest BCUT2D eigenvalue weighted by atomic mass is 10.3. The van der Waals surface area contributed by atoms with Crippen molar-refractivity contribution in [1.29, 1.82) is 0 Å². The molecule has 1 aromatic heterocycles. The minimum atomic E-state index is -0.840. The van der Waals surface area contributed by atoms with Crippen LogP contribution in [0.3, 0.4) is 0 Å². The van der Waals surface area contributed by atoms with Crippen molar-refractivity contribution in [3.63, 3.8) is 0 Å². The van der Waals surface area contributed by atoms with Crippen LogP contribution in [0.4, 0.5) is 11.7 Å². The summed E-state index contributed by atoms with van der Waals surface area (Å²) in [4.78, 5) is 4.12. The number of aromatic nitrogens is 1. The van der Waals surface area contributed by atoms with Gasteiger partial charge in [-0.05, 0) is 12.1 Å². The summed E-state index contributed by atoms with van der Waals surface area (Å²) in [6.07, 6.45) is -0.840. The van der Waals surface area contributed by atoms with Crippen LogP contribution < -0.4 is 11.1 Å². The highest BCUT2D eigenvalue weighted by atomic mass is 16.4. The first-order chi connectivity index (χ1) is 7.70. The summed E-state index contributed by atoms with van der Waals surface area (Å²) in [5.74, 6) is 0. The zero-order chi connectivity index (χ0) is 11.5. The molecule has 5 N–H and O–H groups in total. The van der Waals surface area contributed by atoms with Gasteiger partial charge in [0.15, 0.2) is 5.58 Å². The number of anilines is 2. The van der Waals surface area contributed by atoms with E-state index >= 15 is 0 Å². The van der Waals surface area contributed by atoms with Crippen molar-refractivity contribution in [2.24, 2.45) is 0 Å². The zero-order valence-electron chi connectivity index (χ0n) is 8.55. The Kier molecular flexibility index (Phi) is 2.93. The molecule has 0 fully saturated rings. The average Bonchev–Trinajstić information content (AvgIpc) is 2.70. The van der Waals surface area contributed by atoms with Gasteiger partial charge in [0.05, 0.1) is 18.4 Å². The van der Waals surface area contributed by atoms with E-state index in [4.69, 9.17) is 20.4 Å². The van der Waals surface area contributed by atoms with Crippen LogP contribution in [0, 0.1) is 0 Å². The predicted octanol–water partition coefficient (Wildman–Crippen LogP) is 0.175. The second kappa shape index (κ2) is 4.38. The fourth-order valence-electron chi connectivity index (χ4n) is 1.32. The molecule has 1 aromatic carbocycles. The molecule has 0 aliphatic carbocycles. The van der Waals surface area contributed by atoms with Crippen molar-refractivity contribution < 1.29 is 14.6 Å². The topological polar surface area (TPSA) is 105 Å². The molecule has 0 spiro atoms. The molecule has 0 saturated carbocycles. The number of nitrogens with zero attached hydrogens (tertiary/aromatic N) is 1. The van der Waals surface area contributed by atoms with E-state index in [0.29, 0.717) is 16.8 Å². The first-order valence-electron chi connectivity index (χ1n) is 4.88. The quantitative estimate of drug-likeness (QED) is 0.551. The van der Waals surface area contributed by atoms with Gasteiger partial charge in [0.2, 0.25) is 0 Å². The molecule has 0 amide bonds. The monoisotopic (exact) mass is 223 g/mol. The van der Waals surface area contributed by atoms with Gasteiger partial charge >= 0.3 is 0 Å². The Morgan fingerprint density at radius 3 is 3.00 bits per heavy atom. The molecule has 6 nitrogen and oxygen atoms in total. The number of hydrogen-bond acceptors (Lipinski definition) is 6. The van der Waals surface area contributed by atoms with Gasteiger partial charge in [-0.1, -0.05) is 6.07 Å². The lowest BCUT2D eigenvalue weighted by molar-refractivity contribution is 0.105. The fourth-order valence-corrected chi connectivity index (χ4v) is 1.32. The van der Waals surface area contributed by atoms with Crippen LogP contribution in [-0.4, -0.2) is 34.5 Å². The number of rotatable bonds is 4. The van der Waals surface area contributed by atoms with Crippen LogP contribution in [0.25, 0.3) is 11.1 Å². The molecule has 0 radical (unpaired) electrons. The summed E-state index contributed by atoms with van der Waals surface area (Å²) in [7, 11) is 0. The average molecular weight is 223 g/mol. The number of oxazole rings is 1. The van der Waals surface area contributed by atoms with Gasteiger partial charge in [0, 0.05) is 6.54 Å². The van der Waals surface area contributed by atoms with Crippen LogP contribution in [0.2, 0.25) is 0 Å². The van der Waals surface area contributed by atoms with Gasteiger partial charge in [-0.15, -0.1) is 0 Å². The number of fused-ring (bicyclic) bond motifs is 1. The Morgan fingerprint density at radius 2 is 2.31 bits per heavy atom. The second-order valence-corrected chi connectivity index (χ2v) is 3.43. The molecule has 86 valence electrons. The van der Waals surface area contributed by atoms with E-state index in [2.05, 4.69) is 10.3 Å². The Hall–Kier alpha value is -1.79. The van der Waals surface area contributed by atoms with E-state index in [0.717, 1.165) is 0 Å². The van der Waals surface area contributed by atoms with Crippen LogP contribution >= 0.6 is 0 Å². The molecule has 1 unspecified atom stereocenters. The van der Waals surface area contributed by atoms with Crippen molar-refractivity contribution in [3.8, 4) is 0 Å². The van der Waals surface area contributed by atoms with E-state index in [1.165, 1.54) is 0 Å². The first-order valence-corrected chi connectivity index (χ1v) is 4.88. The van der Waals surface area contributed by atoms with Crippen molar-refractivity contribution >= 4 is 22.8 Å². The minimum absolute atomic E-state index is 0.170. The van der Waals surface area contributed by atoms with E-state index in [1.807, 2.05) is 0 Å². The standard InChI is InChI=1S/C10H13N3O3/c11-7-2-1-3-8-9(7)13-10(16-8)12-4-6(15)5-14/h1-3,6,14-15H,4-5,11H2,(H,12,13). The molecular formula is C10H13N3O3. The van der Waals surface area contributed by atoms with E-state index in [9.17, 15) is 0 Å². The Morgan fingerprint density at radius 1 is 1.50 bits per heavy atom. The maximum Gasteiger partial charge on any atom is 0.295 e. The van der Waals surface area contributed by atoms with E-state index in [1.54, 1.807) is 18.2 Å². The zero-order valence-corrected chi connectivity index (χ0v) is 8.55. The molecule has 0 bridgehead atoms. The molecule has 2 aromatic rings. The third-order valence-corrected chi connectivity index (χ3v) is 2.15. The Balaban J connectivity index is 2.17. The second-order valence-electron chi connectivity index (χ2n) is 3.43. The summed E-state index contributed by atoms with van der Waals surface area (Å²) in [6.45, 7) is -0.140. The largest absolute Gasteiger partial charge is 0.423 e. The van der Waals surface area contributed by atoms with Crippen LogP contribution in [0.15, 0.2) is 22.6 Å². The molecule has 16 heavy (non-hydrogen) atoms.